The second-order valence-corrected chi connectivity index (χ2v) is 3.49. The van der Waals surface area contributed by atoms with Crippen molar-refractivity contribution in [3.63, 3.8) is 0 Å². The van der Waals surface area contributed by atoms with Gasteiger partial charge in [-0.3, -0.25) is 0 Å². The van der Waals surface area contributed by atoms with Crippen LogP contribution in [0.4, 0.5) is 0 Å². The number of thiophene rings is 1. The van der Waals surface area contributed by atoms with Crippen molar-refractivity contribution in [3.05, 3.63) is 21.4 Å². The first-order valence-corrected chi connectivity index (χ1v) is 4.74. The average molecular weight is 214 g/mol. The van der Waals surface area contributed by atoms with Crippen LogP contribution in [0.25, 0.3) is 0 Å². The molecule has 0 N–H and O–H groups in total. The van der Waals surface area contributed by atoms with Crippen LogP contribution in [0.3, 0.4) is 0 Å². The summed E-state index contributed by atoms with van der Waals surface area (Å²) in [6.45, 7) is 1.75. The third kappa shape index (κ3) is 1.77. The van der Waals surface area contributed by atoms with E-state index in [1.807, 2.05) is 0 Å². The van der Waals surface area contributed by atoms with Gasteiger partial charge in [-0.15, -0.1) is 11.3 Å². The van der Waals surface area contributed by atoms with Crippen molar-refractivity contribution in [1.29, 1.82) is 0 Å². The van der Waals surface area contributed by atoms with E-state index in [1.54, 1.807) is 12.3 Å². The summed E-state index contributed by atoms with van der Waals surface area (Å²) in [5, 5.41) is 1.72. The van der Waals surface area contributed by atoms with Gasteiger partial charge in [-0.05, 0) is 17.9 Å². The largest absolute Gasteiger partial charge is 0.465 e. The molecule has 0 aromatic carbocycles. The Morgan fingerprint density at radius 1 is 1.21 bits per heavy atom. The van der Waals surface area contributed by atoms with Crippen LogP contribution in [0.2, 0.25) is 0 Å². The van der Waals surface area contributed by atoms with E-state index in [-0.39, 0.29) is 4.88 Å². The lowest BCUT2D eigenvalue weighted by Crippen LogP contribution is -2.09. The van der Waals surface area contributed by atoms with Crippen LogP contribution in [-0.2, 0) is 9.47 Å². The van der Waals surface area contributed by atoms with Gasteiger partial charge in [0.1, 0.15) is 4.88 Å². The van der Waals surface area contributed by atoms with Gasteiger partial charge in [-0.1, -0.05) is 0 Å². The number of ether oxygens (including phenoxy) is 2. The second kappa shape index (κ2) is 4.23. The number of carbonyl (C=O) groups is 2. The molecule has 1 aromatic heterocycles. The first kappa shape index (κ1) is 10.7. The van der Waals surface area contributed by atoms with Crippen LogP contribution in [0.15, 0.2) is 5.38 Å². The summed E-state index contributed by atoms with van der Waals surface area (Å²) in [5.41, 5.74) is 1.02. The molecule has 0 spiro atoms. The number of hydrogen-bond acceptors (Lipinski definition) is 5. The molecule has 1 aromatic rings. The van der Waals surface area contributed by atoms with Crippen LogP contribution >= 0.6 is 11.3 Å². The standard InChI is InChI=1S/C9H10O4S/c1-5-4-14-7(9(11)13-3)6(5)8(10)12-2/h4H,1-3H3. The lowest BCUT2D eigenvalue weighted by molar-refractivity contribution is 0.0559. The van der Waals surface area contributed by atoms with Gasteiger partial charge in [-0.25, -0.2) is 9.59 Å². The van der Waals surface area contributed by atoms with Crippen LogP contribution in [-0.4, -0.2) is 26.2 Å². The fourth-order valence-electron chi connectivity index (χ4n) is 1.04. The van der Waals surface area contributed by atoms with Crippen LogP contribution in [0.1, 0.15) is 25.6 Å². The number of esters is 2. The average Bonchev–Trinajstić information content (AvgIpc) is 2.58. The maximum Gasteiger partial charge on any atom is 0.348 e. The molecule has 76 valence electrons. The highest BCUT2D eigenvalue weighted by Gasteiger charge is 2.22. The summed E-state index contributed by atoms with van der Waals surface area (Å²) in [4.78, 5) is 22.9. The van der Waals surface area contributed by atoms with Crippen LogP contribution in [0.5, 0.6) is 0 Å². The fourth-order valence-corrected chi connectivity index (χ4v) is 2.00. The molecule has 0 saturated heterocycles. The van der Waals surface area contributed by atoms with Crippen molar-refractivity contribution < 1.29 is 19.1 Å². The predicted molar refractivity (Wildman–Crippen MR) is 51.7 cm³/mol. The zero-order valence-corrected chi connectivity index (χ0v) is 8.94. The molecule has 0 fully saturated rings. The molecule has 4 nitrogen and oxygen atoms in total. The third-order valence-electron chi connectivity index (χ3n) is 1.74. The van der Waals surface area contributed by atoms with Gasteiger partial charge < -0.3 is 9.47 Å². The van der Waals surface area contributed by atoms with Gasteiger partial charge in [0.05, 0.1) is 19.8 Å². The zero-order chi connectivity index (χ0) is 10.7. The Morgan fingerprint density at radius 3 is 2.29 bits per heavy atom. The topological polar surface area (TPSA) is 52.6 Å². The molecule has 0 amide bonds. The van der Waals surface area contributed by atoms with E-state index >= 15 is 0 Å². The monoisotopic (exact) mass is 214 g/mol. The third-order valence-corrected chi connectivity index (χ3v) is 2.81. The highest BCUT2D eigenvalue weighted by atomic mass is 32.1. The highest BCUT2D eigenvalue weighted by Crippen LogP contribution is 2.23. The smallest absolute Gasteiger partial charge is 0.348 e. The summed E-state index contributed by atoms with van der Waals surface area (Å²) < 4.78 is 9.12. The number of carbonyl (C=O) groups excluding carboxylic acids is 2. The van der Waals surface area contributed by atoms with E-state index in [9.17, 15) is 9.59 Å². The highest BCUT2D eigenvalue weighted by molar-refractivity contribution is 7.12. The van der Waals surface area contributed by atoms with Crippen molar-refractivity contribution in [2.75, 3.05) is 14.2 Å². The van der Waals surface area contributed by atoms with Gasteiger partial charge in [-0.2, -0.15) is 0 Å². The SMILES string of the molecule is COC(=O)c1scc(C)c1C(=O)OC. The van der Waals surface area contributed by atoms with Crippen molar-refractivity contribution in [2.45, 2.75) is 6.92 Å². The Labute approximate surface area is 85.4 Å². The summed E-state index contributed by atoms with van der Waals surface area (Å²) >= 11 is 1.18. The molecule has 1 heterocycles. The predicted octanol–water partition coefficient (Wildman–Crippen LogP) is 1.63. The van der Waals surface area contributed by atoms with Gasteiger partial charge in [0.15, 0.2) is 0 Å². The molecule has 0 saturated carbocycles. The maximum atomic E-state index is 11.3. The molecule has 0 aliphatic rings. The van der Waals surface area contributed by atoms with Crippen molar-refractivity contribution in [2.24, 2.45) is 0 Å². The van der Waals surface area contributed by atoms with Gasteiger partial charge in [0, 0.05) is 0 Å². The molecule has 0 unspecified atom stereocenters. The lowest BCUT2D eigenvalue weighted by Gasteiger charge is -2.01. The normalized spacial score (nSPS) is 9.64. The Morgan fingerprint density at radius 2 is 1.79 bits per heavy atom. The van der Waals surface area contributed by atoms with E-state index in [0.717, 1.165) is 5.56 Å². The lowest BCUT2D eigenvalue weighted by atomic mass is 10.1. The van der Waals surface area contributed by atoms with Crippen LogP contribution < -0.4 is 0 Å². The van der Waals surface area contributed by atoms with E-state index in [1.165, 1.54) is 25.6 Å². The molecular weight excluding hydrogens is 204 g/mol. The molecule has 0 bridgehead atoms. The summed E-state index contributed by atoms with van der Waals surface area (Å²) in [6.07, 6.45) is 0. The van der Waals surface area contributed by atoms with Crippen molar-refractivity contribution in [3.8, 4) is 0 Å². The molecular formula is C9H10O4S. The Hall–Kier alpha value is -1.36. The van der Waals surface area contributed by atoms with E-state index in [0.29, 0.717) is 5.56 Å². The molecule has 5 heteroatoms. The maximum absolute atomic E-state index is 11.3. The van der Waals surface area contributed by atoms with E-state index < -0.39 is 11.9 Å². The van der Waals surface area contributed by atoms with Crippen molar-refractivity contribution >= 4 is 23.3 Å². The molecule has 0 radical (unpaired) electrons. The number of methoxy groups -OCH3 is 2. The summed E-state index contributed by atoms with van der Waals surface area (Å²) in [5.74, 6) is -1.02. The Balaban J connectivity index is 3.19. The number of hydrogen-bond donors (Lipinski definition) is 0. The molecule has 1 rings (SSSR count). The van der Waals surface area contributed by atoms with Gasteiger partial charge in [0.2, 0.25) is 0 Å². The first-order valence-electron chi connectivity index (χ1n) is 3.86. The summed E-state index contributed by atoms with van der Waals surface area (Å²) in [7, 11) is 2.55. The fraction of sp³-hybridized carbons (Fsp3) is 0.333. The van der Waals surface area contributed by atoms with E-state index in [4.69, 9.17) is 0 Å². The minimum absolute atomic E-state index is 0.289. The molecule has 14 heavy (non-hydrogen) atoms. The quantitative estimate of drug-likeness (QED) is 0.702. The second-order valence-electron chi connectivity index (χ2n) is 2.61. The summed E-state index contributed by atoms with van der Waals surface area (Å²) in [6, 6.07) is 0. The minimum atomic E-state index is -0.511. The van der Waals surface area contributed by atoms with Crippen LogP contribution in [0, 0.1) is 6.92 Å². The van der Waals surface area contributed by atoms with E-state index in [2.05, 4.69) is 9.47 Å². The molecule has 0 aliphatic carbocycles. The van der Waals surface area contributed by atoms with Gasteiger partial charge in [0.25, 0.3) is 0 Å². The minimum Gasteiger partial charge on any atom is -0.465 e. The zero-order valence-electron chi connectivity index (χ0n) is 8.12. The first-order chi connectivity index (χ1) is 6.61. The Kier molecular flexibility index (Phi) is 3.24. The van der Waals surface area contributed by atoms with Gasteiger partial charge >= 0.3 is 11.9 Å². The Bertz CT molecular complexity index is 367. The van der Waals surface area contributed by atoms with Crippen molar-refractivity contribution in [1.82, 2.24) is 0 Å². The molecule has 0 atom stereocenters. The number of aryl methyl sites for hydroxylation is 1. The number of rotatable bonds is 2. The molecule has 0 aliphatic heterocycles.